The van der Waals surface area contributed by atoms with Crippen LogP contribution in [0.1, 0.15) is 22.6 Å². The van der Waals surface area contributed by atoms with Crippen molar-refractivity contribution in [2.75, 3.05) is 0 Å². The maximum atomic E-state index is 6.34. The van der Waals surface area contributed by atoms with Crippen LogP contribution >= 0.6 is 23.2 Å². The van der Waals surface area contributed by atoms with Gasteiger partial charge in [-0.3, -0.25) is 0 Å². The maximum absolute atomic E-state index is 6.34. The van der Waals surface area contributed by atoms with Crippen molar-refractivity contribution >= 4 is 23.2 Å². The van der Waals surface area contributed by atoms with E-state index in [1.54, 1.807) is 0 Å². The molecule has 19 heavy (non-hydrogen) atoms. The van der Waals surface area contributed by atoms with Gasteiger partial charge < -0.3 is 5.73 Å². The van der Waals surface area contributed by atoms with Gasteiger partial charge in [-0.25, -0.2) is 0 Å². The van der Waals surface area contributed by atoms with Crippen LogP contribution in [0.3, 0.4) is 0 Å². The minimum absolute atomic E-state index is 0.132. The number of hydrogen-bond donors (Lipinski definition) is 1. The molecule has 0 amide bonds. The monoisotopic (exact) mass is 291 g/mol. The molecule has 0 saturated heterocycles. The molecule has 0 radical (unpaired) electrons. The summed E-state index contributed by atoms with van der Waals surface area (Å²) in [5.74, 6) is 0.464. The summed E-state index contributed by atoms with van der Waals surface area (Å²) in [5, 5.41) is 1.19. The second-order valence-electron chi connectivity index (χ2n) is 5.13. The van der Waals surface area contributed by atoms with Gasteiger partial charge in [0.1, 0.15) is 0 Å². The highest BCUT2D eigenvalue weighted by atomic mass is 35.5. The van der Waals surface area contributed by atoms with Crippen LogP contribution in [0.4, 0.5) is 0 Å². The first-order valence-electron chi connectivity index (χ1n) is 6.42. The van der Waals surface area contributed by atoms with E-state index in [-0.39, 0.29) is 6.04 Å². The van der Waals surface area contributed by atoms with Crippen LogP contribution in [0.5, 0.6) is 0 Å². The smallest absolute Gasteiger partial charge is 0.0595 e. The molecule has 3 rings (SSSR count). The van der Waals surface area contributed by atoms with Gasteiger partial charge in [0.15, 0.2) is 0 Å². The van der Waals surface area contributed by atoms with E-state index in [1.807, 2.05) is 18.2 Å². The predicted molar refractivity (Wildman–Crippen MR) is 81.0 cm³/mol. The standard InChI is InChI=1S/C16H15Cl2N/c17-14-6-5-10(7-15(14)18)8-16(19)13-9-11-3-1-2-4-12(11)13/h1-7,13,16H,8-9,19H2. The Balaban J connectivity index is 1.73. The Hall–Kier alpha value is -1.02. The van der Waals surface area contributed by atoms with E-state index >= 15 is 0 Å². The minimum Gasteiger partial charge on any atom is -0.327 e. The lowest BCUT2D eigenvalue weighted by Crippen LogP contribution is -2.37. The lowest BCUT2D eigenvalue weighted by Gasteiger charge is -2.34. The average Bonchev–Trinajstić information content (AvgIpc) is 2.35. The highest BCUT2D eigenvalue weighted by Gasteiger charge is 2.30. The average molecular weight is 292 g/mol. The Morgan fingerprint density at radius 1 is 1.11 bits per heavy atom. The van der Waals surface area contributed by atoms with Gasteiger partial charge in [-0.2, -0.15) is 0 Å². The molecule has 1 aliphatic carbocycles. The summed E-state index contributed by atoms with van der Waals surface area (Å²) in [7, 11) is 0. The first-order valence-corrected chi connectivity index (χ1v) is 7.18. The summed E-state index contributed by atoms with van der Waals surface area (Å²) in [5.41, 5.74) is 10.3. The Morgan fingerprint density at radius 2 is 1.89 bits per heavy atom. The lowest BCUT2D eigenvalue weighted by atomic mass is 9.72. The molecule has 1 nitrogen and oxygen atoms in total. The van der Waals surface area contributed by atoms with Gasteiger partial charge in [0, 0.05) is 12.0 Å². The number of hydrogen-bond acceptors (Lipinski definition) is 1. The Labute approximate surface area is 123 Å². The summed E-state index contributed by atoms with van der Waals surface area (Å²) in [6.45, 7) is 0. The van der Waals surface area contributed by atoms with Crippen molar-refractivity contribution < 1.29 is 0 Å². The second kappa shape index (κ2) is 5.16. The molecule has 0 aromatic heterocycles. The third kappa shape index (κ3) is 2.51. The van der Waals surface area contributed by atoms with Crippen LogP contribution in [-0.4, -0.2) is 6.04 Å². The van der Waals surface area contributed by atoms with Crippen molar-refractivity contribution in [3.8, 4) is 0 Å². The van der Waals surface area contributed by atoms with Crippen molar-refractivity contribution in [3.05, 3.63) is 69.2 Å². The fourth-order valence-corrected chi connectivity index (χ4v) is 3.08. The van der Waals surface area contributed by atoms with Gasteiger partial charge in [0.2, 0.25) is 0 Å². The molecule has 0 heterocycles. The zero-order valence-corrected chi connectivity index (χ0v) is 12.0. The van der Waals surface area contributed by atoms with Gasteiger partial charge in [-0.05, 0) is 41.7 Å². The Kier molecular flexibility index (Phi) is 3.53. The summed E-state index contributed by atoms with van der Waals surface area (Å²) in [6, 6.07) is 14.4. The van der Waals surface area contributed by atoms with Gasteiger partial charge in [-0.15, -0.1) is 0 Å². The van der Waals surface area contributed by atoms with Crippen molar-refractivity contribution in [2.24, 2.45) is 5.73 Å². The van der Waals surface area contributed by atoms with Crippen molar-refractivity contribution in [1.29, 1.82) is 0 Å². The van der Waals surface area contributed by atoms with E-state index in [9.17, 15) is 0 Å². The van der Waals surface area contributed by atoms with Crippen LogP contribution in [0.2, 0.25) is 10.0 Å². The van der Waals surface area contributed by atoms with Gasteiger partial charge in [0.25, 0.3) is 0 Å². The number of rotatable bonds is 3. The van der Waals surface area contributed by atoms with E-state index in [0.717, 1.165) is 18.4 Å². The fourth-order valence-electron chi connectivity index (χ4n) is 2.76. The van der Waals surface area contributed by atoms with E-state index in [1.165, 1.54) is 11.1 Å². The highest BCUT2D eigenvalue weighted by Crippen LogP contribution is 2.37. The number of halogens is 2. The number of nitrogens with two attached hydrogens (primary N) is 1. The number of fused-ring (bicyclic) bond motifs is 1. The second-order valence-corrected chi connectivity index (χ2v) is 5.94. The van der Waals surface area contributed by atoms with Gasteiger partial charge >= 0.3 is 0 Å². The van der Waals surface area contributed by atoms with Crippen LogP contribution in [0.15, 0.2) is 42.5 Å². The summed E-state index contributed by atoms with van der Waals surface area (Å²) >= 11 is 12.0. The lowest BCUT2D eigenvalue weighted by molar-refractivity contribution is 0.480. The van der Waals surface area contributed by atoms with Crippen molar-refractivity contribution in [2.45, 2.75) is 24.8 Å². The maximum Gasteiger partial charge on any atom is 0.0595 e. The first-order chi connectivity index (χ1) is 9.15. The zero-order valence-electron chi connectivity index (χ0n) is 10.4. The normalized spacial score (nSPS) is 18.6. The molecule has 0 saturated carbocycles. The summed E-state index contributed by atoms with van der Waals surface area (Å²) in [6.07, 6.45) is 1.91. The Morgan fingerprint density at radius 3 is 2.63 bits per heavy atom. The van der Waals surface area contributed by atoms with E-state index in [4.69, 9.17) is 28.9 Å². The van der Waals surface area contributed by atoms with Crippen LogP contribution in [0, 0.1) is 0 Å². The molecule has 2 aromatic carbocycles. The molecule has 0 fully saturated rings. The molecule has 3 heteroatoms. The van der Waals surface area contributed by atoms with E-state index in [0.29, 0.717) is 16.0 Å². The molecule has 2 aromatic rings. The minimum atomic E-state index is 0.132. The van der Waals surface area contributed by atoms with Crippen LogP contribution in [-0.2, 0) is 12.8 Å². The van der Waals surface area contributed by atoms with Crippen LogP contribution < -0.4 is 5.73 Å². The van der Waals surface area contributed by atoms with Gasteiger partial charge in [0.05, 0.1) is 10.0 Å². The van der Waals surface area contributed by atoms with Gasteiger partial charge in [-0.1, -0.05) is 53.5 Å². The summed E-state index contributed by atoms with van der Waals surface area (Å²) in [4.78, 5) is 0. The molecule has 98 valence electrons. The largest absolute Gasteiger partial charge is 0.327 e. The summed E-state index contributed by atoms with van der Waals surface area (Å²) < 4.78 is 0. The molecule has 2 atom stereocenters. The molecule has 2 unspecified atom stereocenters. The third-order valence-electron chi connectivity index (χ3n) is 3.87. The van der Waals surface area contributed by atoms with E-state index in [2.05, 4.69) is 24.3 Å². The molecular weight excluding hydrogens is 277 g/mol. The molecule has 0 spiro atoms. The zero-order chi connectivity index (χ0) is 13.4. The SMILES string of the molecule is NC(Cc1ccc(Cl)c(Cl)c1)C1Cc2ccccc21. The van der Waals surface area contributed by atoms with E-state index < -0.39 is 0 Å². The molecule has 2 N–H and O–H groups in total. The molecular formula is C16H15Cl2N. The number of benzene rings is 2. The predicted octanol–water partition coefficient (Wildman–Crippen LogP) is 4.20. The topological polar surface area (TPSA) is 26.0 Å². The molecule has 0 bridgehead atoms. The molecule has 0 aliphatic heterocycles. The first kappa shape index (κ1) is 13.0. The van der Waals surface area contributed by atoms with Crippen molar-refractivity contribution in [3.63, 3.8) is 0 Å². The quantitative estimate of drug-likeness (QED) is 0.901. The van der Waals surface area contributed by atoms with Crippen LogP contribution in [0.25, 0.3) is 0 Å². The highest BCUT2D eigenvalue weighted by molar-refractivity contribution is 6.42. The fraction of sp³-hybridized carbons (Fsp3) is 0.250. The third-order valence-corrected chi connectivity index (χ3v) is 4.61. The Bertz CT molecular complexity index is 609. The van der Waals surface area contributed by atoms with Crippen molar-refractivity contribution in [1.82, 2.24) is 0 Å². The molecule has 1 aliphatic rings.